The summed E-state index contributed by atoms with van der Waals surface area (Å²) in [6, 6.07) is 2.15. The molecule has 4 heteroatoms. The van der Waals surface area contributed by atoms with Gasteiger partial charge in [-0.1, -0.05) is 15.9 Å². The van der Waals surface area contributed by atoms with E-state index in [1.165, 1.54) is 5.56 Å². The van der Waals surface area contributed by atoms with Crippen LogP contribution in [0.4, 0.5) is 5.69 Å². The fourth-order valence-corrected chi connectivity index (χ4v) is 2.45. The van der Waals surface area contributed by atoms with E-state index >= 15 is 0 Å². The van der Waals surface area contributed by atoms with E-state index in [0.717, 1.165) is 27.0 Å². The van der Waals surface area contributed by atoms with Crippen molar-refractivity contribution >= 4 is 21.6 Å². The molecule has 1 aromatic carbocycles. The molecule has 0 aliphatic rings. The van der Waals surface area contributed by atoms with Gasteiger partial charge in [0.2, 0.25) is 0 Å². The summed E-state index contributed by atoms with van der Waals surface area (Å²) in [6.45, 7) is 6.46. The fourth-order valence-electron chi connectivity index (χ4n) is 1.96. The Balaban J connectivity index is 3.53. The van der Waals surface area contributed by atoms with Crippen LogP contribution in [-0.2, 0) is 0 Å². The smallest absolute Gasteiger partial charge is 0.145 e. The first-order valence-corrected chi connectivity index (χ1v) is 6.16. The van der Waals surface area contributed by atoms with Gasteiger partial charge in [-0.15, -0.1) is 0 Å². The number of ether oxygens (including phenoxy) is 1. The molecule has 1 aromatic rings. The maximum atomic E-state index is 8.80. The Hall–Kier alpha value is -1.21. The Morgan fingerprint density at radius 3 is 2.29 bits per heavy atom. The molecule has 0 aliphatic carbocycles. The molecule has 0 radical (unpaired) electrons. The molecule has 0 bridgehead atoms. The van der Waals surface area contributed by atoms with Gasteiger partial charge in [0.25, 0.3) is 0 Å². The highest BCUT2D eigenvalue weighted by atomic mass is 79.9. The summed E-state index contributed by atoms with van der Waals surface area (Å²) in [5, 5.41) is 8.80. The molecule has 0 atom stereocenters. The highest BCUT2D eigenvalue weighted by Gasteiger charge is 2.19. The van der Waals surface area contributed by atoms with Crippen LogP contribution >= 0.6 is 15.9 Å². The van der Waals surface area contributed by atoms with Crippen molar-refractivity contribution in [2.24, 2.45) is 0 Å². The maximum Gasteiger partial charge on any atom is 0.145 e. The minimum absolute atomic E-state index is 0.339. The van der Waals surface area contributed by atoms with Crippen LogP contribution < -0.4 is 9.64 Å². The summed E-state index contributed by atoms with van der Waals surface area (Å²) in [5.74, 6) is 0.848. The van der Waals surface area contributed by atoms with Crippen molar-refractivity contribution in [2.45, 2.75) is 20.8 Å². The Kier molecular flexibility index (Phi) is 4.41. The molecule has 0 N–H and O–H groups in total. The number of benzene rings is 1. The summed E-state index contributed by atoms with van der Waals surface area (Å²) in [5.41, 5.74) is 4.35. The lowest BCUT2D eigenvalue weighted by atomic mass is 10.0. The van der Waals surface area contributed by atoms with Crippen LogP contribution in [0.1, 0.15) is 16.7 Å². The second-order valence-electron chi connectivity index (χ2n) is 4.09. The molecule has 92 valence electrons. The molecule has 0 amide bonds. The van der Waals surface area contributed by atoms with Crippen molar-refractivity contribution in [3.8, 4) is 11.8 Å². The molecular formula is C13H17BrN2O. The Bertz CT molecular complexity index is 478. The van der Waals surface area contributed by atoms with Crippen LogP contribution in [0.5, 0.6) is 5.75 Å². The topological polar surface area (TPSA) is 36.3 Å². The van der Waals surface area contributed by atoms with E-state index in [-0.39, 0.29) is 0 Å². The lowest BCUT2D eigenvalue weighted by molar-refractivity contribution is 0.411. The van der Waals surface area contributed by atoms with Crippen LogP contribution in [0.25, 0.3) is 0 Å². The lowest BCUT2D eigenvalue weighted by Gasteiger charge is -2.25. The van der Waals surface area contributed by atoms with Gasteiger partial charge < -0.3 is 9.64 Å². The molecule has 0 heterocycles. The van der Waals surface area contributed by atoms with E-state index in [4.69, 9.17) is 10.00 Å². The summed E-state index contributed by atoms with van der Waals surface area (Å²) in [4.78, 5) is 1.91. The second-order valence-corrected chi connectivity index (χ2v) is 4.88. The SMILES string of the molecule is COc1c(C)c(C)c(Br)c(C)c1N(C)CC#N. The van der Waals surface area contributed by atoms with E-state index in [0.29, 0.717) is 6.54 Å². The first-order chi connectivity index (χ1) is 7.95. The zero-order valence-electron chi connectivity index (χ0n) is 10.9. The minimum Gasteiger partial charge on any atom is -0.494 e. The molecule has 17 heavy (non-hydrogen) atoms. The number of nitrogens with zero attached hydrogens (tertiary/aromatic N) is 2. The molecular weight excluding hydrogens is 280 g/mol. The standard InChI is InChI=1S/C13H17BrN2O/c1-8-9(2)13(17-5)12(10(3)11(8)14)16(4)7-6-15/h7H2,1-5H3. The average Bonchev–Trinajstić information content (AvgIpc) is 2.31. The van der Waals surface area contributed by atoms with Crippen LogP contribution in [0, 0.1) is 32.1 Å². The van der Waals surface area contributed by atoms with Crippen molar-refractivity contribution in [1.82, 2.24) is 0 Å². The fraction of sp³-hybridized carbons (Fsp3) is 0.462. The van der Waals surface area contributed by atoms with Crippen LogP contribution in [0.15, 0.2) is 4.47 Å². The number of rotatable bonds is 3. The quantitative estimate of drug-likeness (QED) is 0.803. The molecule has 0 fully saturated rings. The Morgan fingerprint density at radius 1 is 1.24 bits per heavy atom. The van der Waals surface area contributed by atoms with Gasteiger partial charge in [0.1, 0.15) is 12.3 Å². The number of hydrogen-bond donors (Lipinski definition) is 0. The van der Waals surface area contributed by atoms with Crippen molar-refractivity contribution < 1.29 is 4.74 Å². The summed E-state index contributed by atoms with van der Waals surface area (Å²) < 4.78 is 6.57. The number of nitriles is 1. The predicted octanol–water partition coefficient (Wildman–Crippen LogP) is 3.34. The third-order valence-corrected chi connectivity index (χ3v) is 4.22. The average molecular weight is 297 g/mol. The minimum atomic E-state index is 0.339. The summed E-state index contributed by atoms with van der Waals surface area (Å²) in [7, 11) is 3.56. The number of anilines is 1. The molecule has 0 spiro atoms. The lowest BCUT2D eigenvalue weighted by Crippen LogP contribution is -2.20. The first-order valence-electron chi connectivity index (χ1n) is 5.37. The third kappa shape index (κ3) is 2.39. The number of methoxy groups -OCH3 is 1. The largest absolute Gasteiger partial charge is 0.494 e. The summed E-state index contributed by atoms with van der Waals surface area (Å²) >= 11 is 3.60. The van der Waals surface area contributed by atoms with E-state index in [2.05, 4.69) is 28.9 Å². The highest BCUT2D eigenvalue weighted by molar-refractivity contribution is 9.10. The van der Waals surface area contributed by atoms with E-state index in [1.54, 1.807) is 7.11 Å². The number of hydrogen-bond acceptors (Lipinski definition) is 3. The normalized spacial score (nSPS) is 9.94. The van der Waals surface area contributed by atoms with Crippen molar-refractivity contribution in [3.05, 3.63) is 21.2 Å². The van der Waals surface area contributed by atoms with E-state index in [9.17, 15) is 0 Å². The van der Waals surface area contributed by atoms with Crippen LogP contribution in [0.2, 0.25) is 0 Å². The van der Waals surface area contributed by atoms with E-state index in [1.807, 2.05) is 25.8 Å². The van der Waals surface area contributed by atoms with Gasteiger partial charge in [-0.05, 0) is 37.5 Å². The maximum absolute atomic E-state index is 8.80. The summed E-state index contributed by atoms with van der Waals surface area (Å²) in [6.07, 6.45) is 0. The molecule has 0 saturated carbocycles. The molecule has 3 nitrogen and oxygen atoms in total. The van der Waals surface area contributed by atoms with Crippen LogP contribution in [-0.4, -0.2) is 20.7 Å². The third-order valence-electron chi connectivity index (χ3n) is 3.03. The second kappa shape index (κ2) is 5.42. The molecule has 0 aliphatic heterocycles. The van der Waals surface area contributed by atoms with Gasteiger partial charge in [0.15, 0.2) is 0 Å². The monoisotopic (exact) mass is 296 g/mol. The molecule has 0 unspecified atom stereocenters. The molecule has 0 saturated heterocycles. The molecule has 1 rings (SSSR count). The highest BCUT2D eigenvalue weighted by Crippen LogP contribution is 2.41. The van der Waals surface area contributed by atoms with Gasteiger partial charge in [0, 0.05) is 11.5 Å². The van der Waals surface area contributed by atoms with Gasteiger partial charge >= 0.3 is 0 Å². The zero-order chi connectivity index (χ0) is 13.2. The molecule has 0 aromatic heterocycles. The zero-order valence-corrected chi connectivity index (χ0v) is 12.5. The van der Waals surface area contributed by atoms with Gasteiger partial charge in [0.05, 0.1) is 18.9 Å². The number of halogens is 1. The Morgan fingerprint density at radius 2 is 1.82 bits per heavy atom. The predicted molar refractivity (Wildman–Crippen MR) is 73.8 cm³/mol. The first kappa shape index (κ1) is 13.9. The van der Waals surface area contributed by atoms with Crippen molar-refractivity contribution in [2.75, 3.05) is 25.6 Å². The van der Waals surface area contributed by atoms with Crippen LogP contribution in [0.3, 0.4) is 0 Å². The van der Waals surface area contributed by atoms with E-state index < -0.39 is 0 Å². The van der Waals surface area contributed by atoms with Crippen molar-refractivity contribution in [1.29, 1.82) is 5.26 Å². The van der Waals surface area contributed by atoms with Gasteiger partial charge in [-0.2, -0.15) is 5.26 Å². The van der Waals surface area contributed by atoms with Gasteiger partial charge in [-0.25, -0.2) is 0 Å². The van der Waals surface area contributed by atoms with Crippen molar-refractivity contribution in [3.63, 3.8) is 0 Å². The Labute approximate surface area is 111 Å². The van der Waals surface area contributed by atoms with Gasteiger partial charge in [-0.3, -0.25) is 0 Å².